The van der Waals surface area contributed by atoms with Crippen molar-refractivity contribution in [3.05, 3.63) is 53.3 Å². The predicted molar refractivity (Wildman–Crippen MR) is 85.7 cm³/mol. The normalized spacial score (nSPS) is 12.2. The Balaban J connectivity index is 2.26. The lowest BCUT2D eigenvalue weighted by Gasteiger charge is -2.21. The standard InChI is InChI=1S/C17H23N3/c1-12-8-13(2)10-16(9-12)20(5)15-6-7-17(19-11-15)14(3)18-4/h6-11,14,18H,1-5H3. The molecule has 3 heteroatoms. The molecule has 0 saturated carbocycles. The molecule has 2 aromatic rings. The summed E-state index contributed by atoms with van der Waals surface area (Å²) in [6.45, 7) is 6.36. The lowest BCUT2D eigenvalue weighted by atomic mass is 10.1. The van der Waals surface area contributed by atoms with E-state index in [-0.39, 0.29) is 6.04 Å². The number of anilines is 2. The van der Waals surface area contributed by atoms with Crippen LogP contribution in [0.5, 0.6) is 0 Å². The highest BCUT2D eigenvalue weighted by molar-refractivity contribution is 5.63. The summed E-state index contributed by atoms with van der Waals surface area (Å²) in [5.41, 5.74) is 5.91. The third-order valence-electron chi connectivity index (χ3n) is 3.63. The van der Waals surface area contributed by atoms with E-state index in [1.54, 1.807) is 0 Å². The van der Waals surface area contributed by atoms with Gasteiger partial charge in [-0.1, -0.05) is 6.07 Å². The molecule has 0 saturated heterocycles. The van der Waals surface area contributed by atoms with Crippen LogP contribution in [0.3, 0.4) is 0 Å². The summed E-state index contributed by atoms with van der Waals surface area (Å²) >= 11 is 0. The summed E-state index contributed by atoms with van der Waals surface area (Å²) in [6.07, 6.45) is 1.93. The Kier molecular flexibility index (Phi) is 4.40. The number of nitrogens with zero attached hydrogens (tertiary/aromatic N) is 2. The van der Waals surface area contributed by atoms with Gasteiger partial charge in [0.2, 0.25) is 0 Å². The predicted octanol–water partition coefficient (Wildman–Crippen LogP) is 3.75. The van der Waals surface area contributed by atoms with Crippen LogP contribution in [0.4, 0.5) is 11.4 Å². The minimum absolute atomic E-state index is 0.274. The molecule has 1 aromatic heterocycles. The van der Waals surface area contributed by atoms with Gasteiger partial charge in [0.1, 0.15) is 0 Å². The average molecular weight is 269 g/mol. The maximum absolute atomic E-state index is 4.54. The molecule has 0 aliphatic rings. The molecule has 0 amide bonds. The second-order valence-corrected chi connectivity index (χ2v) is 5.36. The van der Waals surface area contributed by atoms with E-state index in [0.717, 1.165) is 11.4 Å². The zero-order valence-electron chi connectivity index (χ0n) is 12.9. The van der Waals surface area contributed by atoms with Crippen molar-refractivity contribution < 1.29 is 0 Å². The summed E-state index contributed by atoms with van der Waals surface area (Å²) in [6, 6.07) is 11.0. The van der Waals surface area contributed by atoms with E-state index in [1.165, 1.54) is 16.8 Å². The highest BCUT2D eigenvalue weighted by Gasteiger charge is 2.08. The van der Waals surface area contributed by atoms with Crippen LogP contribution in [0.25, 0.3) is 0 Å². The summed E-state index contributed by atoms with van der Waals surface area (Å²) in [5.74, 6) is 0. The Labute approximate surface area is 121 Å². The molecule has 3 nitrogen and oxygen atoms in total. The third kappa shape index (κ3) is 3.17. The van der Waals surface area contributed by atoms with Gasteiger partial charge in [0.15, 0.2) is 0 Å². The van der Waals surface area contributed by atoms with Gasteiger partial charge >= 0.3 is 0 Å². The molecule has 1 unspecified atom stereocenters. The van der Waals surface area contributed by atoms with Crippen LogP contribution < -0.4 is 10.2 Å². The van der Waals surface area contributed by atoms with Gasteiger partial charge in [-0.3, -0.25) is 4.98 Å². The van der Waals surface area contributed by atoms with Crippen molar-refractivity contribution in [2.75, 3.05) is 19.0 Å². The van der Waals surface area contributed by atoms with E-state index in [4.69, 9.17) is 0 Å². The lowest BCUT2D eigenvalue weighted by molar-refractivity contribution is 0.633. The number of nitrogens with one attached hydrogen (secondary N) is 1. The monoisotopic (exact) mass is 269 g/mol. The number of aryl methyl sites for hydroxylation is 2. The lowest BCUT2D eigenvalue weighted by Crippen LogP contribution is -2.15. The summed E-state index contributed by atoms with van der Waals surface area (Å²) in [4.78, 5) is 6.70. The molecule has 0 radical (unpaired) electrons. The fourth-order valence-corrected chi connectivity index (χ4v) is 2.29. The quantitative estimate of drug-likeness (QED) is 0.916. The van der Waals surface area contributed by atoms with Gasteiger partial charge in [-0.2, -0.15) is 0 Å². The van der Waals surface area contributed by atoms with E-state index >= 15 is 0 Å². The second-order valence-electron chi connectivity index (χ2n) is 5.36. The second kappa shape index (κ2) is 6.06. The molecule has 0 aliphatic heterocycles. The van der Waals surface area contributed by atoms with Gasteiger partial charge in [-0.15, -0.1) is 0 Å². The van der Waals surface area contributed by atoms with Gasteiger partial charge < -0.3 is 10.2 Å². The maximum atomic E-state index is 4.54. The molecular formula is C17H23N3. The van der Waals surface area contributed by atoms with Crippen molar-refractivity contribution in [1.29, 1.82) is 0 Å². The molecule has 1 aromatic carbocycles. The van der Waals surface area contributed by atoms with E-state index in [9.17, 15) is 0 Å². The van der Waals surface area contributed by atoms with Gasteiger partial charge in [-0.25, -0.2) is 0 Å². The SMILES string of the molecule is CNC(C)c1ccc(N(C)c2cc(C)cc(C)c2)cn1. The molecule has 106 valence electrons. The van der Waals surface area contributed by atoms with Crippen LogP contribution >= 0.6 is 0 Å². The Morgan fingerprint density at radius 2 is 1.70 bits per heavy atom. The molecule has 20 heavy (non-hydrogen) atoms. The van der Waals surface area contributed by atoms with Crippen LogP contribution in [0, 0.1) is 13.8 Å². The topological polar surface area (TPSA) is 28.2 Å². The van der Waals surface area contributed by atoms with Crippen LogP contribution in [0.2, 0.25) is 0 Å². The zero-order valence-corrected chi connectivity index (χ0v) is 12.9. The van der Waals surface area contributed by atoms with Crippen molar-refractivity contribution in [3.8, 4) is 0 Å². The van der Waals surface area contributed by atoms with Crippen LogP contribution in [-0.4, -0.2) is 19.1 Å². The number of rotatable bonds is 4. The molecule has 0 spiro atoms. The van der Waals surface area contributed by atoms with Crippen molar-refractivity contribution >= 4 is 11.4 Å². The van der Waals surface area contributed by atoms with E-state index in [0.29, 0.717) is 0 Å². The summed E-state index contributed by atoms with van der Waals surface area (Å²) < 4.78 is 0. The Morgan fingerprint density at radius 3 is 2.20 bits per heavy atom. The minimum Gasteiger partial charge on any atom is -0.343 e. The fraction of sp³-hybridized carbons (Fsp3) is 0.353. The average Bonchev–Trinajstić information content (AvgIpc) is 2.45. The third-order valence-corrected chi connectivity index (χ3v) is 3.63. The number of pyridine rings is 1. The zero-order chi connectivity index (χ0) is 14.7. The molecule has 2 rings (SSSR count). The Bertz CT molecular complexity index is 555. The molecule has 0 bridgehead atoms. The van der Waals surface area contributed by atoms with Crippen LogP contribution in [0.15, 0.2) is 36.5 Å². The van der Waals surface area contributed by atoms with Gasteiger partial charge in [0, 0.05) is 18.8 Å². The largest absolute Gasteiger partial charge is 0.343 e. The minimum atomic E-state index is 0.274. The highest BCUT2D eigenvalue weighted by Crippen LogP contribution is 2.25. The molecule has 1 N–H and O–H groups in total. The first-order chi connectivity index (χ1) is 9.51. The highest BCUT2D eigenvalue weighted by atomic mass is 15.1. The Hall–Kier alpha value is -1.87. The van der Waals surface area contributed by atoms with E-state index < -0.39 is 0 Å². The van der Waals surface area contributed by atoms with Crippen molar-refractivity contribution in [2.45, 2.75) is 26.8 Å². The number of hydrogen-bond acceptors (Lipinski definition) is 3. The molecule has 1 atom stereocenters. The number of hydrogen-bond donors (Lipinski definition) is 1. The molecule has 0 fully saturated rings. The first-order valence-corrected chi connectivity index (χ1v) is 6.96. The van der Waals surface area contributed by atoms with E-state index in [1.807, 2.05) is 13.2 Å². The van der Waals surface area contributed by atoms with E-state index in [2.05, 4.69) is 73.4 Å². The smallest absolute Gasteiger partial charge is 0.0594 e. The molecule has 0 aliphatic carbocycles. The van der Waals surface area contributed by atoms with Gasteiger partial charge in [0.05, 0.1) is 17.6 Å². The number of aromatic nitrogens is 1. The van der Waals surface area contributed by atoms with Crippen LogP contribution in [0.1, 0.15) is 29.8 Å². The first kappa shape index (κ1) is 14.5. The summed E-state index contributed by atoms with van der Waals surface area (Å²) in [5, 5.41) is 3.20. The summed E-state index contributed by atoms with van der Waals surface area (Å²) in [7, 11) is 4.02. The number of benzene rings is 1. The molecular weight excluding hydrogens is 246 g/mol. The van der Waals surface area contributed by atoms with Crippen LogP contribution in [-0.2, 0) is 0 Å². The van der Waals surface area contributed by atoms with Gasteiger partial charge in [0.25, 0.3) is 0 Å². The maximum Gasteiger partial charge on any atom is 0.0594 e. The van der Waals surface area contributed by atoms with Crippen molar-refractivity contribution in [1.82, 2.24) is 10.3 Å². The van der Waals surface area contributed by atoms with Gasteiger partial charge in [-0.05, 0) is 63.2 Å². The Morgan fingerprint density at radius 1 is 1.05 bits per heavy atom. The van der Waals surface area contributed by atoms with Crippen molar-refractivity contribution in [3.63, 3.8) is 0 Å². The first-order valence-electron chi connectivity index (χ1n) is 6.96. The molecule has 1 heterocycles. The fourth-order valence-electron chi connectivity index (χ4n) is 2.29. The van der Waals surface area contributed by atoms with Crippen molar-refractivity contribution in [2.24, 2.45) is 0 Å².